The molecule has 3 rings (SSSR count). The Labute approximate surface area is 244 Å². The van der Waals surface area contributed by atoms with Crippen LogP contribution in [0, 0.1) is 6.92 Å². The van der Waals surface area contributed by atoms with Crippen LogP contribution in [0.15, 0.2) is 82.2 Å². The van der Waals surface area contributed by atoms with Crippen LogP contribution in [0.1, 0.15) is 38.8 Å². The summed E-state index contributed by atoms with van der Waals surface area (Å²) in [6.07, 6.45) is 0. The van der Waals surface area contributed by atoms with Crippen molar-refractivity contribution in [2.24, 2.45) is 0 Å². The van der Waals surface area contributed by atoms with E-state index in [1.807, 2.05) is 45.0 Å². The monoisotopic (exact) mass is 633 g/mol. The number of anilines is 1. The van der Waals surface area contributed by atoms with Crippen molar-refractivity contribution in [2.75, 3.05) is 10.8 Å². The summed E-state index contributed by atoms with van der Waals surface area (Å²) >= 11 is 9.41. The number of sulfonamides is 1. The predicted molar refractivity (Wildman–Crippen MR) is 159 cm³/mol. The number of hydrogen-bond acceptors (Lipinski definition) is 4. The molecule has 208 valence electrons. The Hall–Kier alpha value is -2.88. The van der Waals surface area contributed by atoms with Crippen LogP contribution in [0.25, 0.3) is 0 Å². The molecule has 2 amide bonds. The van der Waals surface area contributed by atoms with E-state index in [-0.39, 0.29) is 17.3 Å². The molecule has 39 heavy (non-hydrogen) atoms. The zero-order valence-electron chi connectivity index (χ0n) is 22.6. The zero-order valence-corrected chi connectivity index (χ0v) is 25.8. The second-order valence-electron chi connectivity index (χ2n) is 10.3. The highest BCUT2D eigenvalue weighted by molar-refractivity contribution is 9.10. The number of benzene rings is 3. The summed E-state index contributed by atoms with van der Waals surface area (Å²) in [7, 11) is -4.15. The van der Waals surface area contributed by atoms with Crippen molar-refractivity contribution in [3.8, 4) is 0 Å². The van der Waals surface area contributed by atoms with Crippen LogP contribution >= 0.6 is 27.5 Å². The van der Waals surface area contributed by atoms with Gasteiger partial charge in [-0.05, 0) is 88.2 Å². The summed E-state index contributed by atoms with van der Waals surface area (Å²) in [4.78, 5) is 28.5. The van der Waals surface area contributed by atoms with Gasteiger partial charge in [0.15, 0.2) is 0 Å². The Morgan fingerprint density at radius 3 is 2.13 bits per heavy atom. The Balaban J connectivity index is 2.04. The topological polar surface area (TPSA) is 86.8 Å². The lowest BCUT2D eigenvalue weighted by Gasteiger charge is -2.33. The number of halogens is 2. The second kappa shape index (κ2) is 12.5. The van der Waals surface area contributed by atoms with Crippen LogP contribution in [0.5, 0.6) is 0 Å². The van der Waals surface area contributed by atoms with E-state index in [9.17, 15) is 18.0 Å². The van der Waals surface area contributed by atoms with Crippen molar-refractivity contribution in [1.29, 1.82) is 0 Å². The summed E-state index contributed by atoms with van der Waals surface area (Å²) in [6, 6.07) is 19.3. The maximum atomic E-state index is 14.0. The minimum Gasteiger partial charge on any atom is -0.350 e. The number of nitrogens with zero attached hydrogens (tertiary/aromatic N) is 2. The van der Waals surface area contributed by atoms with Crippen molar-refractivity contribution in [3.05, 3.63) is 93.4 Å². The van der Waals surface area contributed by atoms with Gasteiger partial charge < -0.3 is 10.2 Å². The fraction of sp³-hybridized carbons (Fsp3) is 0.310. The standard InChI is InChI=1S/C29H33BrClN3O4S/c1-20-8-6-7-9-26(20)34(39(37,38)25-16-14-24(31)15-17-25)19-27(35)33(18-22-10-12-23(30)13-11-22)21(2)28(36)32-29(3,4)5/h6-17,21H,18-19H2,1-5H3,(H,32,36)/t21-/m1/s1. The van der Waals surface area contributed by atoms with Crippen molar-refractivity contribution >= 4 is 55.1 Å². The molecule has 0 aliphatic rings. The molecule has 1 N–H and O–H groups in total. The minimum atomic E-state index is -4.15. The second-order valence-corrected chi connectivity index (χ2v) is 13.5. The molecule has 7 nitrogen and oxygen atoms in total. The average Bonchev–Trinajstić information content (AvgIpc) is 2.86. The van der Waals surface area contributed by atoms with Crippen LogP contribution in [-0.2, 0) is 26.2 Å². The number of para-hydroxylation sites is 1. The fourth-order valence-corrected chi connectivity index (χ4v) is 5.80. The molecule has 0 fully saturated rings. The highest BCUT2D eigenvalue weighted by atomic mass is 79.9. The van der Waals surface area contributed by atoms with Gasteiger partial charge in [0, 0.05) is 21.6 Å². The number of hydrogen-bond donors (Lipinski definition) is 1. The molecule has 3 aromatic carbocycles. The van der Waals surface area contributed by atoms with E-state index >= 15 is 0 Å². The molecule has 0 spiro atoms. The van der Waals surface area contributed by atoms with Gasteiger partial charge in [0.05, 0.1) is 10.6 Å². The number of amides is 2. The number of nitrogens with one attached hydrogen (secondary N) is 1. The Morgan fingerprint density at radius 2 is 1.56 bits per heavy atom. The predicted octanol–water partition coefficient (Wildman–Crippen LogP) is 5.94. The number of carbonyl (C=O) groups is 2. The van der Waals surface area contributed by atoms with Crippen LogP contribution in [0.2, 0.25) is 5.02 Å². The Morgan fingerprint density at radius 1 is 0.974 bits per heavy atom. The molecular weight excluding hydrogens is 602 g/mol. The first-order valence-corrected chi connectivity index (χ1v) is 15.0. The summed E-state index contributed by atoms with van der Waals surface area (Å²) in [5, 5.41) is 3.32. The highest BCUT2D eigenvalue weighted by Gasteiger charge is 2.33. The molecule has 0 aromatic heterocycles. The van der Waals surface area contributed by atoms with Crippen molar-refractivity contribution in [2.45, 2.75) is 57.6 Å². The minimum absolute atomic E-state index is 0.000867. The third-order valence-corrected chi connectivity index (χ3v) is 8.55. The Bertz CT molecular complexity index is 1420. The van der Waals surface area contributed by atoms with Gasteiger partial charge in [0.25, 0.3) is 10.0 Å². The van der Waals surface area contributed by atoms with E-state index in [1.165, 1.54) is 29.2 Å². The first-order chi connectivity index (χ1) is 18.2. The third kappa shape index (κ3) is 8.06. The number of aryl methyl sites for hydroxylation is 1. The summed E-state index contributed by atoms with van der Waals surface area (Å²) in [6.45, 7) is 8.62. The molecule has 0 heterocycles. The van der Waals surface area contributed by atoms with Crippen molar-refractivity contribution in [1.82, 2.24) is 10.2 Å². The van der Waals surface area contributed by atoms with Crippen molar-refractivity contribution in [3.63, 3.8) is 0 Å². The maximum Gasteiger partial charge on any atom is 0.264 e. The van der Waals surface area contributed by atoms with Crippen LogP contribution in [0.3, 0.4) is 0 Å². The fourth-order valence-electron chi connectivity index (χ4n) is 3.93. The van der Waals surface area contributed by atoms with E-state index in [4.69, 9.17) is 11.6 Å². The van der Waals surface area contributed by atoms with E-state index < -0.39 is 34.1 Å². The molecule has 0 saturated heterocycles. The largest absolute Gasteiger partial charge is 0.350 e. The van der Waals surface area contributed by atoms with E-state index in [1.54, 1.807) is 38.1 Å². The third-order valence-electron chi connectivity index (χ3n) is 6.00. The normalized spacial score (nSPS) is 12.5. The van der Waals surface area contributed by atoms with Gasteiger partial charge in [-0.1, -0.05) is 57.9 Å². The van der Waals surface area contributed by atoms with Crippen LogP contribution in [0.4, 0.5) is 5.69 Å². The number of carbonyl (C=O) groups excluding carboxylic acids is 2. The molecule has 0 saturated carbocycles. The molecular formula is C29H33BrClN3O4S. The highest BCUT2D eigenvalue weighted by Crippen LogP contribution is 2.28. The molecule has 0 radical (unpaired) electrons. The number of rotatable bonds is 9. The quantitative estimate of drug-likeness (QED) is 0.316. The van der Waals surface area contributed by atoms with Gasteiger partial charge in [-0.2, -0.15) is 0 Å². The molecule has 1 atom stereocenters. The zero-order chi connectivity index (χ0) is 29.0. The van der Waals surface area contributed by atoms with Gasteiger partial charge in [-0.25, -0.2) is 8.42 Å². The first kappa shape index (κ1) is 30.7. The summed E-state index contributed by atoms with van der Waals surface area (Å²) in [5.74, 6) is -0.855. The summed E-state index contributed by atoms with van der Waals surface area (Å²) in [5.41, 5.74) is 1.34. The molecule has 3 aromatic rings. The van der Waals surface area contributed by atoms with Gasteiger partial charge in [0.1, 0.15) is 12.6 Å². The van der Waals surface area contributed by atoms with Gasteiger partial charge in [0.2, 0.25) is 11.8 Å². The van der Waals surface area contributed by atoms with Crippen molar-refractivity contribution < 1.29 is 18.0 Å². The molecule has 0 bridgehead atoms. The molecule has 0 unspecified atom stereocenters. The molecule has 0 aliphatic heterocycles. The van der Waals surface area contributed by atoms with E-state index in [2.05, 4.69) is 21.2 Å². The lowest BCUT2D eigenvalue weighted by Crippen LogP contribution is -2.54. The van der Waals surface area contributed by atoms with Gasteiger partial charge in [-0.15, -0.1) is 0 Å². The lowest BCUT2D eigenvalue weighted by molar-refractivity contribution is -0.140. The first-order valence-electron chi connectivity index (χ1n) is 12.4. The maximum absolute atomic E-state index is 14.0. The lowest BCUT2D eigenvalue weighted by atomic mass is 10.1. The smallest absolute Gasteiger partial charge is 0.264 e. The molecule has 0 aliphatic carbocycles. The SMILES string of the molecule is Cc1ccccc1N(CC(=O)N(Cc1ccc(Br)cc1)[C@H](C)C(=O)NC(C)(C)C)S(=O)(=O)c1ccc(Cl)cc1. The van der Waals surface area contributed by atoms with Crippen LogP contribution < -0.4 is 9.62 Å². The Kier molecular flexibility index (Phi) is 9.85. The van der Waals surface area contributed by atoms with Gasteiger partial charge in [-0.3, -0.25) is 13.9 Å². The van der Waals surface area contributed by atoms with Crippen LogP contribution in [-0.4, -0.2) is 43.3 Å². The summed E-state index contributed by atoms with van der Waals surface area (Å²) < 4.78 is 29.7. The molecule has 10 heteroatoms. The van der Waals surface area contributed by atoms with Gasteiger partial charge >= 0.3 is 0 Å². The average molecular weight is 635 g/mol. The van der Waals surface area contributed by atoms with E-state index in [0.29, 0.717) is 16.3 Å². The van der Waals surface area contributed by atoms with E-state index in [0.717, 1.165) is 14.3 Å².